The van der Waals surface area contributed by atoms with Gasteiger partial charge in [0.05, 0.1) is 28.1 Å². The van der Waals surface area contributed by atoms with Crippen LogP contribution in [0.3, 0.4) is 0 Å². The van der Waals surface area contributed by atoms with Gasteiger partial charge in [-0.15, -0.1) is 0 Å². The predicted octanol–water partition coefficient (Wildman–Crippen LogP) is 3.29. The zero-order valence-electron chi connectivity index (χ0n) is 19.9. The number of rotatable bonds is 2. The van der Waals surface area contributed by atoms with Crippen molar-refractivity contribution in [2.45, 2.75) is 84.2 Å². The molecule has 1 N–H and O–H groups in total. The number of hydrogen-bond acceptors (Lipinski definition) is 6. The standard InChI is InChI=1S/C23H32BN3O5/c1-21(2,3)30-20(29)27-12-8-9-17(27)18-25-16-11-10-14(13-15(16)19(28)26-18)24-31-22(4,5)23(6,7)32-24/h10-11,13,17H,8-9,12H2,1-7H3,(H,25,26,28)/t17-/m0/s1. The average molecular weight is 441 g/mol. The van der Waals surface area contributed by atoms with Gasteiger partial charge in [0.1, 0.15) is 11.4 Å². The topological polar surface area (TPSA) is 93.8 Å². The van der Waals surface area contributed by atoms with Crippen LogP contribution in [0.2, 0.25) is 0 Å². The molecule has 172 valence electrons. The van der Waals surface area contributed by atoms with Crippen LogP contribution in [0.15, 0.2) is 23.0 Å². The minimum Gasteiger partial charge on any atom is -0.444 e. The smallest absolute Gasteiger partial charge is 0.444 e. The Balaban J connectivity index is 1.63. The van der Waals surface area contributed by atoms with Crippen molar-refractivity contribution in [1.82, 2.24) is 14.9 Å². The molecule has 9 heteroatoms. The van der Waals surface area contributed by atoms with Gasteiger partial charge >= 0.3 is 13.2 Å². The Kier molecular flexibility index (Phi) is 5.41. The molecule has 2 aromatic rings. The number of carbonyl (C=O) groups is 1. The van der Waals surface area contributed by atoms with Gasteiger partial charge in [-0.25, -0.2) is 9.78 Å². The van der Waals surface area contributed by atoms with Gasteiger partial charge in [-0.3, -0.25) is 9.69 Å². The minimum atomic E-state index is -0.585. The van der Waals surface area contributed by atoms with Crippen LogP contribution >= 0.6 is 0 Å². The lowest BCUT2D eigenvalue weighted by molar-refractivity contribution is 0.00578. The monoisotopic (exact) mass is 441 g/mol. The Bertz CT molecular complexity index is 1090. The number of likely N-dealkylation sites (tertiary alicyclic amines) is 1. The fraction of sp³-hybridized carbons (Fsp3) is 0.609. The van der Waals surface area contributed by atoms with Crippen LogP contribution in [0.4, 0.5) is 4.79 Å². The second kappa shape index (κ2) is 7.59. The Labute approximate surface area is 188 Å². The van der Waals surface area contributed by atoms with E-state index in [-0.39, 0.29) is 17.7 Å². The third-order valence-electron chi connectivity index (χ3n) is 6.47. The molecule has 0 spiro atoms. The molecule has 2 aliphatic rings. The quantitative estimate of drug-likeness (QED) is 0.719. The van der Waals surface area contributed by atoms with Crippen molar-refractivity contribution in [2.75, 3.05) is 6.54 Å². The lowest BCUT2D eigenvalue weighted by atomic mass is 9.78. The van der Waals surface area contributed by atoms with Crippen molar-refractivity contribution < 1.29 is 18.8 Å². The summed E-state index contributed by atoms with van der Waals surface area (Å²) in [6, 6.07) is 5.14. The fourth-order valence-electron chi connectivity index (χ4n) is 4.05. The van der Waals surface area contributed by atoms with Gasteiger partial charge in [0.15, 0.2) is 0 Å². The molecule has 0 aliphatic carbocycles. The zero-order chi connectivity index (χ0) is 23.5. The van der Waals surface area contributed by atoms with Crippen molar-refractivity contribution >= 4 is 29.6 Å². The van der Waals surface area contributed by atoms with E-state index < -0.39 is 23.9 Å². The van der Waals surface area contributed by atoms with E-state index >= 15 is 0 Å². The van der Waals surface area contributed by atoms with Gasteiger partial charge in [0, 0.05) is 6.54 Å². The van der Waals surface area contributed by atoms with Gasteiger partial charge in [0.25, 0.3) is 5.56 Å². The molecule has 1 aromatic carbocycles. The van der Waals surface area contributed by atoms with Gasteiger partial charge in [-0.05, 0) is 78.9 Å². The van der Waals surface area contributed by atoms with E-state index in [1.165, 1.54) is 0 Å². The summed E-state index contributed by atoms with van der Waals surface area (Å²) in [4.78, 5) is 34.8. The van der Waals surface area contributed by atoms with Crippen molar-refractivity contribution in [3.05, 3.63) is 34.4 Å². The molecule has 3 heterocycles. The van der Waals surface area contributed by atoms with Gasteiger partial charge in [-0.2, -0.15) is 0 Å². The molecule has 0 radical (unpaired) electrons. The number of benzene rings is 1. The number of amides is 1. The van der Waals surface area contributed by atoms with Crippen LogP contribution in [0, 0.1) is 0 Å². The first-order valence-electron chi connectivity index (χ1n) is 11.2. The van der Waals surface area contributed by atoms with Crippen LogP contribution in [0.1, 0.15) is 73.2 Å². The number of ether oxygens (including phenoxy) is 1. The number of nitrogens with zero attached hydrogens (tertiary/aromatic N) is 2. The van der Waals surface area contributed by atoms with Crippen molar-refractivity contribution in [2.24, 2.45) is 0 Å². The van der Waals surface area contributed by atoms with Crippen molar-refractivity contribution in [1.29, 1.82) is 0 Å². The highest BCUT2D eigenvalue weighted by molar-refractivity contribution is 6.62. The molecule has 1 aromatic heterocycles. The summed E-state index contributed by atoms with van der Waals surface area (Å²) in [5.74, 6) is 0.481. The number of aromatic nitrogens is 2. The zero-order valence-corrected chi connectivity index (χ0v) is 19.9. The Morgan fingerprint density at radius 3 is 2.50 bits per heavy atom. The molecule has 0 bridgehead atoms. The van der Waals surface area contributed by atoms with Crippen molar-refractivity contribution in [3.8, 4) is 0 Å². The molecule has 1 atom stereocenters. The lowest BCUT2D eigenvalue weighted by Crippen LogP contribution is -2.41. The first kappa shape index (κ1) is 22.8. The molecule has 1 amide bonds. The first-order chi connectivity index (χ1) is 14.8. The van der Waals surface area contributed by atoms with Crippen LogP contribution in [0.5, 0.6) is 0 Å². The van der Waals surface area contributed by atoms with Gasteiger partial charge in [0.2, 0.25) is 0 Å². The highest BCUT2D eigenvalue weighted by Gasteiger charge is 2.51. The van der Waals surface area contributed by atoms with E-state index in [2.05, 4.69) is 9.97 Å². The number of aromatic amines is 1. The van der Waals surface area contributed by atoms with E-state index in [0.717, 1.165) is 18.3 Å². The van der Waals surface area contributed by atoms with Crippen LogP contribution in [0.25, 0.3) is 10.9 Å². The van der Waals surface area contributed by atoms with Gasteiger partial charge in [-0.1, -0.05) is 6.07 Å². The number of H-pyrrole nitrogens is 1. The fourth-order valence-corrected chi connectivity index (χ4v) is 4.05. The summed E-state index contributed by atoms with van der Waals surface area (Å²) in [5.41, 5.74) is -0.422. The van der Waals surface area contributed by atoms with Crippen LogP contribution < -0.4 is 11.0 Å². The number of hydrogen-bond donors (Lipinski definition) is 1. The molecule has 32 heavy (non-hydrogen) atoms. The summed E-state index contributed by atoms with van der Waals surface area (Å²) in [6.07, 6.45) is 1.16. The molecule has 8 nitrogen and oxygen atoms in total. The summed E-state index contributed by atoms with van der Waals surface area (Å²) >= 11 is 0. The Hall–Kier alpha value is -2.39. The number of nitrogens with one attached hydrogen (secondary N) is 1. The summed E-state index contributed by atoms with van der Waals surface area (Å²) < 4.78 is 17.8. The second-order valence-corrected chi connectivity index (χ2v) is 10.6. The average Bonchev–Trinajstić information content (AvgIpc) is 3.23. The van der Waals surface area contributed by atoms with E-state index in [4.69, 9.17) is 14.0 Å². The maximum Gasteiger partial charge on any atom is 0.494 e. The molecule has 0 unspecified atom stereocenters. The van der Waals surface area contributed by atoms with E-state index in [1.807, 2.05) is 54.5 Å². The van der Waals surface area contributed by atoms with Crippen LogP contribution in [-0.4, -0.2) is 51.4 Å². The SMILES string of the molecule is CC(C)(C)OC(=O)N1CCC[C@H]1c1nc2ccc(B3OC(C)(C)C(C)(C)O3)cc2c(=O)[nH]1. The molecule has 2 saturated heterocycles. The maximum atomic E-state index is 13.0. The molecule has 2 fully saturated rings. The molecule has 2 aliphatic heterocycles. The van der Waals surface area contributed by atoms with E-state index in [1.54, 1.807) is 17.0 Å². The predicted molar refractivity (Wildman–Crippen MR) is 123 cm³/mol. The van der Waals surface area contributed by atoms with Gasteiger partial charge < -0.3 is 19.0 Å². The molecule has 0 saturated carbocycles. The largest absolute Gasteiger partial charge is 0.494 e. The van der Waals surface area contributed by atoms with E-state index in [0.29, 0.717) is 23.3 Å². The second-order valence-electron chi connectivity index (χ2n) is 10.6. The first-order valence-corrected chi connectivity index (χ1v) is 11.2. The highest BCUT2D eigenvalue weighted by atomic mass is 16.7. The van der Waals surface area contributed by atoms with Crippen LogP contribution in [-0.2, 0) is 14.0 Å². The molecule has 4 rings (SSSR count). The van der Waals surface area contributed by atoms with Crippen molar-refractivity contribution in [3.63, 3.8) is 0 Å². The third kappa shape index (κ3) is 4.15. The number of carbonyl (C=O) groups excluding carboxylic acids is 1. The minimum absolute atomic E-state index is 0.251. The Morgan fingerprint density at radius 2 is 1.88 bits per heavy atom. The van der Waals surface area contributed by atoms with E-state index in [9.17, 15) is 9.59 Å². The molecular weight excluding hydrogens is 409 g/mol. The molecular formula is C23H32BN3O5. The lowest BCUT2D eigenvalue weighted by Gasteiger charge is -2.32. The Morgan fingerprint density at radius 1 is 1.22 bits per heavy atom. The third-order valence-corrected chi connectivity index (χ3v) is 6.47. The normalized spacial score (nSPS) is 22.5. The summed E-state index contributed by atoms with van der Waals surface area (Å²) in [5, 5.41) is 0.461. The highest BCUT2D eigenvalue weighted by Crippen LogP contribution is 2.36. The summed E-state index contributed by atoms with van der Waals surface area (Å²) in [7, 11) is -0.555. The number of fused-ring (bicyclic) bond motifs is 1. The summed E-state index contributed by atoms with van der Waals surface area (Å²) in [6.45, 7) is 14.1. The maximum absolute atomic E-state index is 13.0.